The summed E-state index contributed by atoms with van der Waals surface area (Å²) in [5.74, 6) is -0.753. The lowest BCUT2D eigenvalue weighted by atomic mass is 10.0. The van der Waals surface area contributed by atoms with Gasteiger partial charge in [-0.3, -0.25) is 9.59 Å². The van der Waals surface area contributed by atoms with Gasteiger partial charge in [-0.15, -0.1) is 0 Å². The summed E-state index contributed by atoms with van der Waals surface area (Å²) >= 11 is 0. The second-order valence-electron chi connectivity index (χ2n) is 8.26. The van der Waals surface area contributed by atoms with Crippen molar-refractivity contribution in [3.63, 3.8) is 0 Å². The maximum absolute atomic E-state index is 11.9. The largest absolute Gasteiger partial charge is 0.481 e. The summed E-state index contributed by atoms with van der Waals surface area (Å²) in [5, 5.41) is 8.55. The van der Waals surface area contributed by atoms with Crippen LogP contribution >= 0.6 is 0 Å². The summed E-state index contributed by atoms with van der Waals surface area (Å²) < 4.78 is 5.40. The molecular formula is C21H40O4. The van der Waals surface area contributed by atoms with Crippen LogP contribution in [0.2, 0.25) is 0 Å². The second kappa shape index (κ2) is 14.1. The zero-order valence-corrected chi connectivity index (χ0v) is 16.9. The predicted octanol–water partition coefficient (Wildman–Crippen LogP) is 6.12. The molecular weight excluding hydrogens is 316 g/mol. The third-order valence-electron chi connectivity index (χ3n) is 4.34. The molecule has 0 saturated carbocycles. The van der Waals surface area contributed by atoms with Crippen molar-refractivity contribution in [2.75, 3.05) is 0 Å². The van der Waals surface area contributed by atoms with Crippen LogP contribution in [-0.4, -0.2) is 22.6 Å². The number of carbonyl (C=O) groups excluding carboxylic acids is 1. The third-order valence-corrected chi connectivity index (χ3v) is 4.34. The average molecular weight is 357 g/mol. The van der Waals surface area contributed by atoms with Crippen molar-refractivity contribution in [2.45, 2.75) is 117 Å². The predicted molar refractivity (Wildman–Crippen MR) is 103 cm³/mol. The molecule has 0 aliphatic carbocycles. The summed E-state index contributed by atoms with van der Waals surface area (Å²) in [7, 11) is 0. The van der Waals surface area contributed by atoms with E-state index >= 15 is 0 Å². The molecule has 0 aliphatic heterocycles. The first-order valence-electron chi connectivity index (χ1n) is 10.2. The molecule has 4 heteroatoms. The van der Waals surface area contributed by atoms with Gasteiger partial charge in [-0.25, -0.2) is 0 Å². The van der Waals surface area contributed by atoms with Gasteiger partial charge in [0.2, 0.25) is 0 Å². The normalized spacial score (nSPS) is 12.8. The number of ether oxygens (including phenoxy) is 1. The Kier molecular flexibility index (Phi) is 13.5. The van der Waals surface area contributed by atoms with E-state index in [4.69, 9.17) is 9.84 Å². The number of carboxylic acids is 1. The lowest BCUT2D eigenvalue weighted by Gasteiger charge is -2.22. The van der Waals surface area contributed by atoms with Crippen LogP contribution in [0.5, 0.6) is 0 Å². The van der Waals surface area contributed by atoms with Gasteiger partial charge >= 0.3 is 11.9 Å². The highest BCUT2D eigenvalue weighted by atomic mass is 16.6. The Balaban J connectivity index is 3.33. The molecule has 0 aromatic heterocycles. The molecule has 0 saturated heterocycles. The lowest BCUT2D eigenvalue weighted by Crippen LogP contribution is -2.27. The first kappa shape index (κ1) is 23.9. The van der Waals surface area contributed by atoms with Crippen molar-refractivity contribution in [3.8, 4) is 0 Å². The molecule has 0 rings (SSSR count). The van der Waals surface area contributed by atoms with Crippen LogP contribution < -0.4 is 0 Å². The molecule has 1 N–H and O–H groups in total. The molecule has 1 unspecified atom stereocenters. The Hall–Kier alpha value is -1.06. The number of carbonyl (C=O) groups is 2. The zero-order valence-electron chi connectivity index (χ0n) is 16.9. The fourth-order valence-corrected chi connectivity index (χ4v) is 2.84. The van der Waals surface area contributed by atoms with E-state index in [-0.39, 0.29) is 17.5 Å². The summed E-state index contributed by atoms with van der Waals surface area (Å²) in [4.78, 5) is 22.3. The van der Waals surface area contributed by atoms with Gasteiger partial charge in [-0.1, -0.05) is 71.1 Å². The minimum absolute atomic E-state index is 0.000326. The molecule has 0 bridgehead atoms. The van der Waals surface area contributed by atoms with E-state index < -0.39 is 5.97 Å². The minimum Gasteiger partial charge on any atom is -0.481 e. The van der Waals surface area contributed by atoms with Crippen molar-refractivity contribution in [1.29, 1.82) is 0 Å². The average Bonchev–Trinajstić information content (AvgIpc) is 2.49. The Morgan fingerprint density at radius 1 is 0.800 bits per heavy atom. The van der Waals surface area contributed by atoms with E-state index in [1.165, 1.54) is 44.9 Å². The molecule has 0 heterocycles. The topological polar surface area (TPSA) is 63.6 Å². The second-order valence-corrected chi connectivity index (χ2v) is 8.26. The van der Waals surface area contributed by atoms with Crippen molar-refractivity contribution in [1.82, 2.24) is 0 Å². The van der Waals surface area contributed by atoms with Crippen LogP contribution in [0.1, 0.15) is 111 Å². The molecule has 0 aromatic rings. The first-order valence-corrected chi connectivity index (χ1v) is 10.2. The minimum atomic E-state index is -0.680. The first-order chi connectivity index (χ1) is 11.7. The van der Waals surface area contributed by atoms with Gasteiger partial charge in [0.25, 0.3) is 0 Å². The summed E-state index contributed by atoms with van der Waals surface area (Å²) in [6.45, 7) is 7.69. The molecule has 148 valence electrons. The maximum Gasteiger partial charge on any atom is 0.309 e. The number of unbranched alkanes of at least 4 members (excludes halogenated alkanes) is 10. The van der Waals surface area contributed by atoms with Crippen LogP contribution in [-0.2, 0) is 14.3 Å². The van der Waals surface area contributed by atoms with Crippen molar-refractivity contribution < 1.29 is 19.4 Å². The van der Waals surface area contributed by atoms with Gasteiger partial charge in [-0.2, -0.15) is 0 Å². The third kappa shape index (κ3) is 17.6. The van der Waals surface area contributed by atoms with Crippen LogP contribution in [0.3, 0.4) is 0 Å². The fourth-order valence-electron chi connectivity index (χ4n) is 2.84. The van der Waals surface area contributed by atoms with Crippen molar-refractivity contribution >= 4 is 11.9 Å². The Morgan fingerprint density at radius 2 is 1.20 bits per heavy atom. The van der Waals surface area contributed by atoms with E-state index in [9.17, 15) is 9.59 Å². The molecule has 0 fully saturated rings. The van der Waals surface area contributed by atoms with Crippen LogP contribution in [0.4, 0.5) is 0 Å². The van der Waals surface area contributed by atoms with Gasteiger partial charge in [0.05, 0.1) is 5.92 Å². The van der Waals surface area contributed by atoms with Gasteiger partial charge < -0.3 is 9.84 Å². The number of esters is 1. The monoisotopic (exact) mass is 356 g/mol. The highest BCUT2D eigenvalue weighted by Gasteiger charge is 2.21. The molecule has 0 aromatic carbocycles. The summed E-state index contributed by atoms with van der Waals surface area (Å²) in [5.41, 5.74) is -0.387. The van der Waals surface area contributed by atoms with Crippen molar-refractivity contribution in [2.24, 2.45) is 5.92 Å². The van der Waals surface area contributed by atoms with Gasteiger partial charge in [0.1, 0.15) is 5.60 Å². The number of aliphatic carboxylic acids is 1. The molecule has 4 nitrogen and oxygen atoms in total. The molecule has 0 amide bonds. The van der Waals surface area contributed by atoms with E-state index in [2.05, 4.69) is 0 Å². The number of carboxylic acid groups (broad SMARTS) is 1. The van der Waals surface area contributed by atoms with Gasteiger partial charge in [0, 0.05) is 6.42 Å². The molecule has 0 aliphatic rings. The van der Waals surface area contributed by atoms with Crippen LogP contribution in [0.15, 0.2) is 0 Å². The van der Waals surface area contributed by atoms with E-state index in [0.717, 1.165) is 32.1 Å². The Bertz CT molecular complexity index is 357. The fraction of sp³-hybridized carbons (Fsp3) is 0.905. The Morgan fingerprint density at radius 3 is 1.60 bits per heavy atom. The van der Waals surface area contributed by atoms with Gasteiger partial charge in [-0.05, 0) is 33.6 Å². The SMILES string of the molecule is CC(CCCCCCCCCCCCCC(=O)O)C(=O)OC(C)(C)C. The molecule has 0 spiro atoms. The van der Waals surface area contributed by atoms with E-state index in [1.54, 1.807) is 0 Å². The molecule has 25 heavy (non-hydrogen) atoms. The van der Waals surface area contributed by atoms with E-state index in [1.807, 2.05) is 27.7 Å². The Labute approximate surface area is 154 Å². The molecule has 0 radical (unpaired) electrons. The number of rotatable bonds is 15. The molecule has 1 atom stereocenters. The quantitative estimate of drug-likeness (QED) is 0.283. The highest BCUT2D eigenvalue weighted by Crippen LogP contribution is 2.17. The maximum atomic E-state index is 11.9. The number of hydrogen-bond acceptors (Lipinski definition) is 3. The smallest absolute Gasteiger partial charge is 0.309 e. The lowest BCUT2D eigenvalue weighted by molar-refractivity contribution is -0.159. The highest BCUT2D eigenvalue weighted by molar-refractivity contribution is 5.72. The van der Waals surface area contributed by atoms with E-state index in [0.29, 0.717) is 6.42 Å². The van der Waals surface area contributed by atoms with Crippen LogP contribution in [0, 0.1) is 5.92 Å². The summed E-state index contributed by atoms with van der Waals surface area (Å²) in [6.07, 6.45) is 14.2. The van der Waals surface area contributed by atoms with Gasteiger partial charge in [0.15, 0.2) is 0 Å². The van der Waals surface area contributed by atoms with Crippen molar-refractivity contribution in [3.05, 3.63) is 0 Å². The summed E-state index contributed by atoms with van der Waals surface area (Å²) in [6, 6.07) is 0. The standard InChI is InChI=1S/C21H40O4/c1-18(20(24)25-21(2,3)4)16-14-12-10-8-6-5-7-9-11-13-15-17-19(22)23/h18H,5-17H2,1-4H3,(H,22,23). The van der Waals surface area contributed by atoms with Crippen LogP contribution in [0.25, 0.3) is 0 Å². The zero-order chi connectivity index (χ0) is 19.1. The number of hydrogen-bond donors (Lipinski definition) is 1.